The fraction of sp³-hybridized carbons (Fsp3) is 0.280. The average Bonchev–Trinajstić information content (AvgIpc) is 2.72. The van der Waals surface area contributed by atoms with Crippen molar-refractivity contribution in [2.75, 3.05) is 18.4 Å². The summed E-state index contributed by atoms with van der Waals surface area (Å²) in [5.41, 5.74) is 3.77. The normalized spacial score (nSPS) is 16.6. The Morgan fingerprint density at radius 3 is 2.48 bits per heavy atom. The number of rotatable bonds is 3. The average molecular weight is 386 g/mol. The highest BCUT2D eigenvalue weighted by molar-refractivity contribution is 6.07. The van der Waals surface area contributed by atoms with Crippen LogP contribution in [0.5, 0.6) is 0 Å². The van der Waals surface area contributed by atoms with Crippen LogP contribution in [-0.4, -0.2) is 29.8 Å². The molecule has 1 heterocycles. The number of hydrogen-bond donors (Lipinski definition) is 1. The molecule has 0 saturated carbocycles. The molecule has 148 valence electrons. The summed E-state index contributed by atoms with van der Waals surface area (Å²) in [7, 11) is 0. The van der Waals surface area contributed by atoms with E-state index >= 15 is 0 Å². The first-order chi connectivity index (χ1) is 14.0. The monoisotopic (exact) mass is 386 g/mol. The largest absolute Gasteiger partial charge is 0.338 e. The minimum atomic E-state index is -0.191. The molecule has 1 atom stereocenters. The van der Waals surface area contributed by atoms with Gasteiger partial charge in [0, 0.05) is 24.3 Å². The van der Waals surface area contributed by atoms with Crippen molar-refractivity contribution in [3.05, 3.63) is 77.4 Å². The maximum Gasteiger partial charge on any atom is 0.254 e. The summed E-state index contributed by atoms with van der Waals surface area (Å²) in [6, 6.07) is 19.8. The first kappa shape index (κ1) is 19.2. The molecule has 0 radical (unpaired) electrons. The standard InChI is InChI=1S/C25H26N2O2/c1-17-13-18(2)15-21(14-17)26-24(28)20-9-6-12-27(16-20)25(29)23-11-5-8-19-7-3-4-10-22(19)23/h3-5,7-8,10-11,13-15,20H,6,9,12,16H2,1-2H3,(H,26,28). The van der Waals surface area contributed by atoms with Gasteiger partial charge in [-0.25, -0.2) is 0 Å². The van der Waals surface area contributed by atoms with E-state index in [0.29, 0.717) is 18.7 Å². The summed E-state index contributed by atoms with van der Waals surface area (Å²) in [5.74, 6) is -0.195. The van der Waals surface area contributed by atoms with E-state index < -0.39 is 0 Å². The van der Waals surface area contributed by atoms with Crippen molar-refractivity contribution in [3.8, 4) is 0 Å². The van der Waals surface area contributed by atoms with E-state index in [1.165, 1.54) is 0 Å². The Bertz CT molecular complexity index is 1050. The summed E-state index contributed by atoms with van der Waals surface area (Å²) >= 11 is 0. The molecule has 2 amide bonds. The molecule has 0 aliphatic carbocycles. The Hall–Kier alpha value is -3.14. The van der Waals surface area contributed by atoms with Gasteiger partial charge >= 0.3 is 0 Å². The summed E-state index contributed by atoms with van der Waals surface area (Å²) in [4.78, 5) is 27.9. The molecule has 4 rings (SSSR count). The lowest BCUT2D eigenvalue weighted by atomic mass is 9.95. The topological polar surface area (TPSA) is 49.4 Å². The van der Waals surface area contributed by atoms with Crippen LogP contribution in [0.15, 0.2) is 60.7 Å². The molecule has 1 aliphatic rings. The predicted octanol–water partition coefficient (Wildman–Crippen LogP) is 4.95. The van der Waals surface area contributed by atoms with Crippen LogP contribution < -0.4 is 5.32 Å². The van der Waals surface area contributed by atoms with Crippen LogP contribution in [0.2, 0.25) is 0 Å². The van der Waals surface area contributed by atoms with Crippen LogP contribution in [0, 0.1) is 19.8 Å². The Morgan fingerprint density at radius 1 is 0.966 bits per heavy atom. The van der Waals surface area contributed by atoms with E-state index in [2.05, 4.69) is 11.4 Å². The number of likely N-dealkylation sites (tertiary alicyclic amines) is 1. The summed E-state index contributed by atoms with van der Waals surface area (Å²) in [6.07, 6.45) is 1.64. The Kier molecular flexibility index (Phi) is 5.34. The van der Waals surface area contributed by atoms with Crippen molar-refractivity contribution < 1.29 is 9.59 Å². The minimum absolute atomic E-state index is 0.00528. The molecule has 1 N–H and O–H groups in total. The fourth-order valence-electron chi connectivity index (χ4n) is 4.25. The van der Waals surface area contributed by atoms with E-state index in [1.54, 1.807) is 0 Å². The second-order valence-electron chi connectivity index (χ2n) is 7.98. The van der Waals surface area contributed by atoms with Crippen molar-refractivity contribution in [2.24, 2.45) is 5.92 Å². The molecule has 1 aliphatic heterocycles. The van der Waals surface area contributed by atoms with Crippen LogP contribution in [0.4, 0.5) is 5.69 Å². The van der Waals surface area contributed by atoms with Crippen LogP contribution in [-0.2, 0) is 4.79 Å². The van der Waals surface area contributed by atoms with Gasteiger partial charge in [-0.1, -0.05) is 42.5 Å². The van der Waals surface area contributed by atoms with E-state index in [1.807, 2.05) is 73.3 Å². The highest BCUT2D eigenvalue weighted by Crippen LogP contribution is 2.24. The molecule has 0 bridgehead atoms. The molecule has 0 spiro atoms. The molecule has 1 saturated heterocycles. The Labute approximate surface area is 171 Å². The number of carbonyl (C=O) groups is 2. The highest BCUT2D eigenvalue weighted by Gasteiger charge is 2.29. The van der Waals surface area contributed by atoms with Gasteiger partial charge in [0.1, 0.15) is 0 Å². The molecule has 1 unspecified atom stereocenters. The molecular weight excluding hydrogens is 360 g/mol. The lowest BCUT2D eigenvalue weighted by Gasteiger charge is -2.32. The zero-order valence-corrected chi connectivity index (χ0v) is 16.9. The van der Waals surface area contributed by atoms with Gasteiger partial charge in [0.2, 0.25) is 5.91 Å². The maximum atomic E-state index is 13.2. The molecule has 3 aromatic rings. The molecule has 29 heavy (non-hydrogen) atoms. The summed E-state index contributed by atoms with van der Waals surface area (Å²) < 4.78 is 0. The van der Waals surface area contributed by atoms with E-state index in [0.717, 1.165) is 40.4 Å². The van der Waals surface area contributed by atoms with E-state index in [4.69, 9.17) is 0 Å². The van der Waals surface area contributed by atoms with Crippen LogP contribution >= 0.6 is 0 Å². The maximum absolute atomic E-state index is 13.2. The third-order valence-corrected chi connectivity index (χ3v) is 5.59. The molecule has 4 nitrogen and oxygen atoms in total. The predicted molar refractivity (Wildman–Crippen MR) is 117 cm³/mol. The van der Waals surface area contributed by atoms with Gasteiger partial charge < -0.3 is 10.2 Å². The first-order valence-electron chi connectivity index (χ1n) is 10.2. The van der Waals surface area contributed by atoms with Crippen molar-refractivity contribution >= 4 is 28.3 Å². The van der Waals surface area contributed by atoms with Crippen LogP contribution in [0.3, 0.4) is 0 Å². The number of benzene rings is 3. The highest BCUT2D eigenvalue weighted by atomic mass is 16.2. The smallest absolute Gasteiger partial charge is 0.254 e. The van der Waals surface area contributed by atoms with Gasteiger partial charge in [-0.05, 0) is 66.8 Å². The van der Waals surface area contributed by atoms with Crippen molar-refractivity contribution in [3.63, 3.8) is 0 Å². The van der Waals surface area contributed by atoms with Crippen LogP contribution in [0.25, 0.3) is 10.8 Å². The zero-order valence-electron chi connectivity index (χ0n) is 16.9. The lowest BCUT2D eigenvalue weighted by Crippen LogP contribution is -2.43. The van der Waals surface area contributed by atoms with Gasteiger partial charge in [0.15, 0.2) is 0 Å². The number of hydrogen-bond acceptors (Lipinski definition) is 2. The molecule has 1 fully saturated rings. The van der Waals surface area contributed by atoms with E-state index in [-0.39, 0.29) is 17.7 Å². The van der Waals surface area contributed by atoms with E-state index in [9.17, 15) is 9.59 Å². The van der Waals surface area contributed by atoms with Crippen molar-refractivity contribution in [2.45, 2.75) is 26.7 Å². The molecule has 0 aromatic heterocycles. The number of piperidine rings is 1. The minimum Gasteiger partial charge on any atom is -0.338 e. The third kappa shape index (κ3) is 4.16. The molecular formula is C25H26N2O2. The first-order valence-corrected chi connectivity index (χ1v) is 10.2. The Morgan fingerprint density at radius 2 is 1.69 bits per heavy atom. The zero-order chi connectivity index (χ0) is 20.4. The van der Waals surface area contributed by atoms with Gasteiger partial charge in [0.05, 0.1) is 5.92 Å². The number of nitrogens with one attached hydrogen (secondary N) is 1. The number of nitrogens with zero attached hydrogens (tertiary/aromatic N) is 1. The van der Waals surface area contributed by atoms with Crippen LogP contribution in [0.1, 0.15) is 34.3 Å². The molecule has 4 heteroatoms. The number of carbonyl (C=O) groups excluding carboxylic acids is 2. The number of aryl methyl sites for hydroxylation is 2. The third-order valence-electron chi connectivity index (χ3n) is 5.59. The number of fused-ring (bicyclic) bond motifs is 1. The quantitative estimate of drug-likeness (QED) is 0.693. The van der Waals surface area contributed by atoms with Crippen molar-refractivity contribution in [1.29, 1.82) is 0 Å². The SMILES string of the molecule is Cc1cc(C)cc(NC(=O)C2CCCN(C(=O)c3cccc4ccccc34)C2)c1. The fourth-order valence-corrected chi connectivity index (χ4v) is 4.25. The summed E-state index contributed by atoms with van der Waals surface area (Å²) in [5, 5.41) is 5.06. The van der Waals surface area contributed by atoms with Crippen molar-refractivity contribution in [1.82, 2.24) is 4.90 Å². The second kappa shape index (κ2) is 8.08. The van der Waals surface area contributed by atoms with Gasteiger partial charge in [-0.2, -0.15) is 0 Å². The second-order valence-corrected chi connectivity index (χ2v) is 7.98. The van der Waals surface area contributed by atoms with Gasteiger partial charge in [0.25, 0.3) is 5.91 Å². The number of amides is 2. The molecule has 3 aromatic carbocycles. The summed E-state index contributed by atoms with van der Waals surface area (Å²) in [6.45, 7) is 5.19. The Balaban J connectivity index is 1.50. The number of anilines is 1. The lowest BCUT2D eigenvalue weighted by molar-refractivity contribution is -0.121. The van der Waals surface area contributed by atoms with Gasteiger partial charge in [-0.3, -0.25) is 9.59 Å². The van der Waals surface area contributed by atoms with Gasteiger partial charge in [-0.15, -0.1) is 0 Å².